The van der Waals surface area contributed by atoms with Gasteiger partial charge in [0.1, 0.15) is 5.82 Å². The Morgan fingerprint density at radius 1 is 0.930 bits per heavy atom. The van der Waals surface area contributed by atoms with Crippen LogP contribution in [-0.4, -0.2) is 63.6 Å². The topological polar surface area (TPSA) is 108 Å². The van der Waals surface area contributed by atoms with Crippen LogP contribution in [0.5, 0.6) is 28.7 Å². The number of methoxy groups -OCH3 is 4. The van der Waals surface area contributed by atoms with E-state index in [2.05, 4.69) is 5.32 Å². The van der Waals surface area contributed by atoms with Gasteiger partial charge in [-0.25, -0.2) is 14.2 Å². The van der Waals surface area contributed by atoms with E-state index in [9.17, 15) is 14.4 Å². The average Bonchev–Trinajstić information content (AvgIpc) is 3.53. The smallest absolute Gasteiger partial charge is 0.345 e. The molecule has 2 N–H and O–H groups in total. The summed E-state index contributed by atoms with van der Waals surface area (Å²) in [6.45, 7) is 2.02. The maximum atomic E-state index is 13.2. The summed E-state index contributed by atoms with van der Waals surface area (Å²) in [5, 5.41) is 13.3. The van der Waals surface area contributed by atoms with Gasteiger partial charge in [-0.3, -0.25) is 5.21 Å². The molecule has 1 aliphatic rings. The lowest BCUT2D eigenvalue weighted by Crippen LogP contribution is -2.31. The number of hydrogen-bond acceptors (Lipinski definition) is 9. The van der Waals surface area contributed by atoms with Crippen molar-refractivity contribution in [3.63, 3.8) is 0 Å². The van der Waals surface area contributed by atoms with Gasteiger partial charge in [-0.05, 0) is 79.4 Å². The number of carbonyl (C=O) groups is 1. The number of urea groups is 1. The Balaban J connectivity index is 1.56. The number of nitrogens with one attached hydrogen (secondary N) is 1. The molecule has 1 fully saturated rings. The number of hydrogen-bond donors (Lipinski definition) is 2. The predicted molar refractivity (Wildman–Crippen MR) is 161 cm³/mol. The molecule has 1 aliphatic heterocycles. The number of carbonyl (C=O) groups excluding carboxylic acids is 1. The summed E-state index contributed by atoms with van der Waals surface area (Å²) in [5.74, 6) is 2.58. The van der Waals surface area contributed by atoms with Gasteiger partial charge in [-0.15, -0.1) is 11.8 Å². The SMILES string of the molecule is CCN(O)C(=O)Nc1cc(C2CCC(c3cc(OC)c(OC)c(OC)c3)O2)cc(OC)c1OCCSc1ccc(F)cc1. The molecule has 12 heteroatoms. The van der Waals surface area contributed by atoms with Crippen molar-refractivity contribution in [1.82, 2.24) is 5.06 Å². The molecule has 3 aromatic carbocycles. The fourth-order valence-corrected chi connectivity index (χ4v) is 5.51. The Bertz CT molecular complexity index is 1370. The first kappa shape index (κ1) is 32.1. The second-order valence-electron chi connectivity index (χ2n) is 9.55. The Labute approximate surface area is 254 Å². The first-order valence-corrected chi connectivity index (χ1v) is 14.8. The molecule has 232 valence electrons. The van der Waals surface area contributed by atoms with E-state index in [-0.39, 0.29) is 31.2 Å². The van der Waals surface area contributed by atoms with E-state index in [0.717, 1.165) is 22.4 Å². The first-order valence-electron chi connectivity index (χ1n) is 13.8. The fraction of sp³-hybridized carbons (Fsp3) is 0.387. The zero-order valence-electron chi connectivity index (χ0n) is 24.8. The Morgan fingerprint density at radius 3 is 2.02 bits per heavy atom. The Morgan fingerprint density at radius 2 is 1.49 bits per heavy atom. The quantitative estimate of drug-likeness (QED) is 0.0921. The molecule has 0 bridgehead atoms. The standard InChI is InChI=1S/C31H37FN2O8S/c1-6-34(36)31(35)33-23-15-19(16-26(37-2)29(23)41-13-14-43-22-9-7-21(32)8-10-22)24-11-12-25(42-24)20-17-27(38-3)30(40-5)28(18-20)39-4/h7-10,15-18,24-25,36H,6,11-14H2,1-5H3,(H,33,35). The molecule has 10 nitrogen and oxygen atoms in total. The molecule has 2 unspecified atom stereocenters. The van der Waals surface area contributed by atoms with E-state index in [4.69, 9.17) is 28.4 Å². The highest BCUT2D eigenvalue weighted by molar-refractivity contribution is 7.99. The molecule has 43 heavy (non-hydrogen) atoms. The lowest BCUT2D eigenvalue weighted by Gasteiger charge is -2.22. The first-order chi connectivity index (χ1) is 20.8. The van der Waals surface area contributed by atoms with E-state index in [1.807, 2.05) is 18.2 Å². The van der Waals surface area contributed by atoms with E-state index in [1.54, 1.807) is 46.5 Å². The molecule has 0 aromatic heterocycles. The summed E-state index contributed by atoms with van der Waals surface area (Å²) in [5.41, 5.74) is 1.99. The van der Waals surface area contributed by atoms with Crippen LogP contribution in [-0.2, 0) is 4.74 Å². The Kier molecular flexibility index (Phi) is 11.2. The van der Waals surface area contributed by atoms with Gasteiger partial charge < -0.3 is 33.7 Å². The van der Waals surface area contributed by atoms with E-state index in [1.165, 1.54) is 31.0 Å². The summed E-state index contributed by atoms with van der Waals surface area (Å²) in [6.07, 6.45) is 0.878. The summed E-state index contributed by atoms with van der Waals surface area (Å²) < 4.78 is 47.9. The van der Waals surface area contributed by atoms with Crippen molar-refractivity contribution in [1.29, 1.82) is 0 Å². The van der Waals surface area contributed by atoms with Crippen LogP contribution in [0.3, 0.4) is 0 Å². The predicted octanol–water partition coefficient (Wildman–Crippen LogP) is 6.87. The number of benzene rings is 3. The monoisotopic (exact) mass is 616 g/mol. The number of hydroxylamine groups is 2. The van der Waals surface area contributed by atoms with E-state index < -0.39 is 6.03 Å². The van der Waals surface area contributed by atoms with Crippen molar-refractivity contribution in [2.24, 2.45) is 0 Å². The minimum absolute atomic E-state index is 0.0926. The van der Waals surface area contributed by atoms with Crippen molar-refractivity contribution >= 4 is 23.5 Å². The summed E-state index contributed by atoms with van der Waals surface area (Å²) in [4.78, 5) is 13.6. The van der Waals surface area contributed by atoms with Gasteiger partial charge in [0.2, 0.25) is 5.75 Å². The van der Waals surface area contributed by atoms with Gasteiger partial charge in [0, 0.05) is 17.2 Å². The molecule has 2 amide bonds. The van der Waals surface area contributed by atoms with Crippen LogP contribution in [0.15, 0.2) is 53.4 Å². The lowest BCUT2D eigenvalue weighted by molar-refractivity contribution is -0.0324. The largest absolute Gasteiger partial charge is 0.493 e. The second-order valence-corrected chi connectivity index (χ2v) is 10.7. The summed E-state index contributed by atoms with van der Waals surface area (Å²) in [7, 11) is 6.21. The fourth-order valence-electron chi connectivity index (χ4n) is 4.78. The van der Waals surface area contributed by atoms with Crippen molar-refractivity contribution in [2.75, 3.05) is 52.7 Å². The van der Waals surface area contributed by atoms with Crippen LogP contribution in [0, 0.1) is 5.82 Å². The minimum Gasteiger partial charge on any atom is -0.493 e. The van der Waals surface area contributed by atoms with Gasteiger partial charge in [0.05, 0.1) is 52.9 Å². The molecular weight excluding hydrogens is 579 g/mol. The normalized spacial score (nSPS) is 16.0. The highest BCUT2D eigenvalue weighted by Crippen LogP contribution is 2.48. The van der Waals surface area contributed by atoms with Crippen molar-refractivity contribution in [3.8, 4) is 28.7 Å². The molecule has 0 aliphatic carbocycles. The average molecular weight is 617 g/mol. The van der Waals surface area contributed by atoms with Crippen LogP contribution in [0.1, 0.15) is 43.1 Å². The van der Waals surface area contributed by atoms with Crippen molar-refractivity contribution in [3.05, 3.63) is 65.5 Å². The molecule has 0 spiro atoms. The van der Waals surface area contributed by atoms with Gasteiger partial charge in [-0.2, -0.15) is 0 Å². The number of ether oxygens (including phenoxy) is 6. The third kappa shape index (κ3) is 7.75. The molecule has 0 radical (unpaired) electrons. The molecule has 4 rings (SSSR count). The summed E-state index contributed by atoms with van der Waals surface area (Å²) in [6, 6.07) is 12.9. The number of nitrogens with zero attached hydrogens (tertiary/aromatic N) is 1. The van der Waals surface area contributed by atoms with E-state index in [0.29, 0.717) is 51.7 Å². The van der Waals surface area contributed by atoms with Crippen LogP contribution in [0.4, 0.5) is 14.9 Å². The summed E-state index contributed by atoms with van der Waals surface area (Å²) >= 11 is 1.51. The van der Waals surface area contributed by atoms with Gasteiger partial charge in [0.25, 0.3) is 0 Å². The zero-order chi connectivity index (χ0) is 30.9. The Hall–Kier alpha value is -3.87. The zero-order valence-corrected chi connectivity index (χ0v) is 25.7. The number of thioether (sulfide) groups is 1. The van der Waals surface area contributed by atoms with Crippen molar-refractivity contribution in [2.45, 2.75) is 36.9 Å². The number of anilines is 1. The van der Waals surface area contributed by atoms with Crippen molar-refractivity contribution < 1.29 is 42.8 Å². The molecule has 1 saturated heterocycles. The van der Waals surface area contributed by atoms with Crippen LogP contribution >= 0.6 is 11.8 Å². The number of halogens is 1. The van der Waals surface area contributed by atoms with Gasteiger partial charge in [0.15, 0.2) is 23.0 Å². The van der Waals surface area contributed by atoms with Crippen LogP contribution in [0.25, 0.3) is 0 Å². The van der Waals surface area contributed by atoms with Gasteiger partial charge >= 0.3 is 6.03 Å². The molecule has 1 heterocycles. The molecule has 3 aromatic rings. The number of amides is 2. The third-order valence-electron chi connectivity index (χ3n) is 6.93. The molecular formula is C31H37FN2O8S. The lowest BCUT2D eigenvalue weighted by atomic mass is 10.0. The minimum atomic E-state index is -0.713. The van der Waals surface area contributed by atoms with Crippen LogP contribution < -0.4 is 29.0 Å². The highest BCUT2D eigenvalue weighted by atomic mass is 32.2. The molecule has 2 atom stereocenters. The highest BCUT2D eigenvalue weighted by Gasteiger charge is 2.31. The maximum Gasteiger partial charge on any atom is 0.345 e. The van der Waals surface area contributed by atoms with Crippen LogP contribution in [0.2, 0.25) is 0 Å². The third-order valence-corrected chi connectivity index (χ3v) is 7.91. The molecule has 0 saturated carbocycles. The second kappa shape index (κ2) is 15.0. The number of rotatable bonds is 13. The van der Waals surface area contributed by atoms with Gasteiger partial charge in [-0.1, -0.05) is 0 Å². The maximum absolute atomic E-state index is 13.2. The van der Waals surface area contributed by atoms with E-state index >= 15 is 0 Å².